The summed E-state index contributed by atoms with van der Waals surface area (Å²) in [7, 11) is 1.80. The van der Waals surface area contributed by atoms with E-state index >= 15 is 0 Å². The van der Waals surface area contributed by atoms with E-state index in [0.717, 1.165) is 44.1 Å². The Kier molecular flexibility index (Phi) is 6.46. The van der Waals surface area contributed by atoms with Gasteiger partial charge < -0.3 is 34.7 Å². The highest BCUT2D eigenvalue weighted by atomic mass is 35.5. The van der Waals surface area contributed by atoms with Crippen molar-refractivity contribution >= 4 is 46.8 Å². The third kappa shape index (κ3) is 4.59. The third-order valence-corrected chi connectivity index (χ3v) is 7.28. The van der Waals surface area contributed by atoms with Crippen molar-refractivity contribution in [1.82, 2.24) is 24.4 Å². The van der Waals surface area contributed by atoms with Crippen LogP contribution >= 0.6 is 11.6 Å². The Bertz CT molecular complexity index is 1560. The monoisotopic (exact) mass is 534 g/mol. The highest BCUT2D eigenvalue weighted by molar-refractivity contribution is 6.36. The van der Waals surface area contributed by atoms with Gasteiger partial charge in [-0.1, -0.05) is 11.6 Å². The van der Waals surface area contributed by atoms with Crippen LogP contribution in [-0.2, 0) is 11.8 Å². The molecule has 0 aromatic carbocycles. The van der Waals surface area contributed by atoms with Crippen molar-refractivity contribution < 1.29 is 9.47 Å². The van der Waals surface area contributed by atoms with Crippen LogP contribution in [0.2, 0.25) is 5.02 Å². The number of ether oxygens (including phenoxy) is 2. The van der Waals surface area contributed by atoms with Crippen molar-refractivity contribution in [2.24, 2.45) is 12.0 Å². The highest BCUT2D eigenvalue weighted by Crippen LogP contribution is 2.41. The fraction of sp³-hybridized carbons (Fsp3) is 0.346. The van der Waals surface area contributed by atoms with Crippen LogP contribution in [0.4, 0.5) is 11.6 Å². The molecule has 2 fully saturated rings. The van der Waals surface area contributed by atoms with Crippen LogP contribution in [0.25, 0.3) is 11.2 Å². The first-order chi connectivity index (χ1) is 18.5. The lowest BCUT2D eigenvalue weighted by atomic mass is 10.1. The maximum Gasteiger partial charge on any atom is 0.274 e. The van der Waals surface area contributed by atoms with Gasteiger partial charge in [0.25, 0.3) is 5.56 Å². The summed E-state index contributed by atoms with van der Waals surface area (Å²) >= 11 is 6.74. The highest BCUT2D eigenvalue weighted by Gasteiger charge is 2.28. The van der Waals surface area contributed by atoms with Crippen molar-refractivity contribution in [1.29, 1.82) is 5.41 Å². The molecule has 5 heterocycles. The SMILES string of the molecule is Cn1c(Nc2cc(C3CC3)cn([C@@H]3CCCOC3)c2=O)nc2ncc(O/C(C=N)=C3\C=NC=CN3)c(Cl)c21. The number of halogens is 1. The topological polar surface area (TPSA) is 131 Å². The summed E-state index contributed by atoms with van der Waals surface area (Å²) in [5, 5.41) is 14.3. The van der Waals surface area contributed by atoms with Gasteiger partial charge in [0, 0.05) is 32.3 Å². The molecule has 6 rings (SSSR count). The smallest absolute Gasteiger partial charge is 0.274 e. The van der Waals surface area contributed by atoms with E-state index in [0.29, 0.717) is 41.0 Å². The van der Waals surface area contributed by atoms with Crippen LogP contribution in [-0.4, -0.2) is 44.7 Å². The molecule has 0 unspecified atom stereocenters. The molecule has 196 valence electrons. The van der Waals surface area contributed by atoms with Gasteiger partial charge in [-0.15, -0.1) is 0 Å². The van der Waals surface area contributed by atoms with Crippen LogP contribution in [0, 0.1) is 5.41 Å². The maximum atomic E-state index is 13.5. The summed E-state index contributed by atoms with van der Waals surface area (Å²) in [5.41, 5.74) is 2.93. The zero-order valence-corrected chi connectivity index (χ0v) is 21.5. The molecule has 2 aliphatic heterocycles. The molecule has 11 nitrogen and oxygen atoms in total. The van der Waals surface area contributed by atoms with E-state index in [1.165, 1.54) is 6.20 Å². The number of fused-ring (bicyclic) bond motifs is 1. The molecule has 38 heavy (non-hydrogen) atoms. The molecule has 3 aromatic rings. The molecule has 0 amide bonds. The number of allylic oxidation sites excluding steroid dienone is 2. The Morgan fingerprint density at radius 2 is 2.24 bits per heavy atom. The van der Waals surface area contributed by atoms with E-state index in [1.54, 1.807) is 30.2 Å². The second-order valence-corrected chi connectivity index (χ2v) is 9.91. The number of imidazole rings is 1. The summed E-state index contributed by atoms with van der Waals surface area (Å²) in [5.74, 6) is 1.39. The van der Waals surface area contributed by atoms with E-state index in [4.69, 9.17) is 26.5 Å². The Labute approximate surface area is 223 Å². The summed E-state index contributed by atoms with van der Waals surface area (Å²) in [6, 6.07) is 1.95. The average Bonchev–Trinajstić information content (AvgIpc) is 3.75. The maximum absolute atomic E-state index is 13.5. The number of aliphatic imine (C=N–C) groups is 1. The van der Waals surface area contributed by atoms with Crippen LogP contribution < -0.4 is 20.9 Å². The summed E-state index contributed by atoms with van der Waals surface area (Å²) in [6.07, 6.45) is 13.4. The number of pyridine rings is 2. The number of aryl methyl sites for hydroxylation is 1. The van der Waals surface area contributed by atoms with Gasteiger partial charge in [0.1, 0.15) is 21.9 Å². The van der Waals surface area contributed by atoms with Crippen LogP contribution in [0.1, 0.15) is 43.2 Å². The number of rotatable bonds is 7. The molecular weight excluding hydrogens is 508 g/mol. The van der Waals surface area contributed by atoms with Gasteiger partial charge in [0.2, 0.25) is 5.95 Å². The van der Waals surface area contributed by atoms with Crippen molar-refractivity contribution in [2.75, 3.05) is 18.5 Å². The molecule has 3 aromatic heterocycles. The van der Waals surface area contributed by atoms with Crippen molar-refractivity contribution in [3.63, 3.8) is 0 Å². The molecule has 1 aliphatic carbocycles. The van der Waals surface area contributed by atoms with Crippen molar-refractivity contribution in [2.45, 2.75) is 37.6 Å². The van der Waals surface area contributed by atoms with Crippen LogP contribution in [0.5, 0.6) is 5.75 Å². The second kappa shape index (κ2) is 10.1. The Hall–Kier alpha value is -3.96. The first-order valence-corrected chi connectivity index (χ1v) is 12.9. The molecule has 3 aliphatic rings. The van der Waals surface area contributed by atoms with Crippen LogP contribution in [0.3, 0.4) is 0 Å². The van der Waals surface area contributed by atoms with Crippen molar-refractivity contribution in [3.8, 4) is 5.75 Å². The van der Waals surface area contributed by atoms with E-state index in [-0.39, 0.29) is 28.1 Å². The molecule has 12 heteroatoms. The van der Waals surface area contributed by atoms with E-state index in [2.05, 4.69) is 25.6 Å². The minimum Gasteiger partial charge on any atom is -0.450 e. The molecule has 1 atom stereocenters. The zero-order chi connectivity index (χ0) is 26.2. The van der Waals surface area contributed by atoms with E-state index < -0.39 is 0 Å². The zero-order valence-electron chi connectivity index (χ0n) is 20.8. The van der Waals surface area contributed by atoms with Gasteiger partial charge in [-0.3, -0.25) is 9.79 Å². The van der Waals surface area contributed by atoms with Gasteiger partial charge in [0.05, 0.1) is 31.3 Å². The molecular formula is C26H27ClN8O3. The predicted molar refractivity (Wildman–Crippen MR) is 146 cm³/mol. The van der Waals surface area contributed by atoms with Gasteiger partial charge >= 0.3 is 0 Å². The Morgan fingerprint density at radius 1 is 1.37 bits per heavy atom. The molecule has 0 spiro atoms. The number of anilines is 2. The minimum atomic E-state index is -0.113. The fourth-order valence-electron chi connectivity index (χ4n) is 4.72. The van der Waals surface area contributed by atoms with Gasteiger partial charge in [-0.2, -0.15) is 4.98 Å². The van der Waals surface area contributed by atoms with Crippen molar-refractivity contribution in [3.05, 3.63) is 63.3 Å². The summed E-state index contributed by atoms with van der Waals surface area (Å²) < 4.78 is 15.1. The number of hydrogen-bond acceptors (Lipinski definition) is 9. The standard InChI is InChI=1S/C26H27ClN8O3/c1-34-23-22(27)21(38-20(10-28)19-11-29-6-7-30-19)12-31-24(23)33-26(34)32-18-9-16(15-4-5-15)13-35(25(18)36)17-3-2-8-37-14-17/h6-7,9-13,15,17,28,30H,2-5,8,14H2,1H3,(H,31,32,33)/b20-19+,28-10?/t17-/m1/s1. The lowest BCUT2D eigenvalue weighted by Crippen LogP contribution is -2.31. The summed E-state index contributed by atoms with van der Waals surface area (Å²) in [4.78, 5) is 26.6. The fourth-order valence-corrected chi connectivity index (χ4v) is 5.02. The Balaban J connectivity index is 1.35. The van der Waals surface area contributed by atoms with E-state index in [9.17, 15) is 4.79 Å². The molecule has 3 N–H and O–H groups in total. The molecule has 0 radical (unpaired) electrons. The number of nitrogens with one attached hydrogen (secondary N) is 3. The van der Waals surface area contributed by atoms with Gasteiger partial charge in [-0.05, 0) is 43.2 Å². The van der Waals surface area contributed by atoms with E-state index in [1.807, 2.05) is 16.8 Å². The van der Waals surface area contributed by atoms with Crippen LogP contribution in [0.15, 0.2) is 52.1 Å². The first-order valence-electron chi connectivity index (χ1n) is 12.5. The largest absolute Gasteiger partial charge is 0.450 e. The first kappa shape index (κ1) is 24.4. The molecule has 1 saturated carbocycles. The van der Waals surface area contributed by atoms with Gasteiger partial charge in [-0.25, -0.2) is 4.98 Å². The Morgan fingerprint density at radius 3 is 2.95 bits per heavy atom. The third-order valence-electron chi connectivity index (χ3n) is 6.91. The quantitative estimate of drug-likeness (QED) is 0.306. The summed E-state index contributed by atoms with van der Waals surface area (Å²) in [6.45, 7) is 1.27. The molecule has 0 bridgehead atoms. The number of nitrogens with zero attached hydrogens (tertiary/aromatic N) is 5. The minimum absolute atomic E-state index is 0.0168. The van der Waals surface area contributed by atoms with Gasteiger partial charge in [0.15, 0.2) is 17.2 Å². The molecule has 1 saturated heterocycles. The average molecular weight is 535 g/mol. The number of aromatic nitrogens is 4. The number of hydrogen-bond donors (Lipinski definition) is 3. The normalized spacial score (nSPS) is 20.3. The lowest BCUT2D eigenvalue weighted by Gasteiger charge is -2.25. The predicted octanol–water partition coefficient (Wildman–Crippen LogP) is 4.14. The lowest BCUT2D eigenvalue weighted by molar-refractivity contribution is 0.0580. The second-order valence-electron chi connectivity index (χ2n) is 9.54.